The maximum Gasteiger partial charge on any atom is 0.191 e. The minimum Gasteiger partial charge on any atom is -0.357 e. The number of benzene rings is 1. The molecule has 0 radical (unpaired) electrons. The molecule has 2 N–H and O–H groups in total. The summed E-state index contributed by atoms with van der Waals surface area (Å²) in [5.74, 6) is 0.144. The summed E-state index contributed by atoms with van der Waals surface area (Å²) < 4.78 is 27.5. The Balaban J connectivity index is 0.00000242. The van der Waals surface area contributed by atoms with Crippen LogP contribution in [0.3, 0.4) is 0 Å². The Labute approximate surface area is 148 Å². The first-order valence-electron chi connectivity index (χ1n) is 7.51. The van der Waals surface area contributed by atoms with E-state index in [9.17, 15) is 8.78 Å². The van der Waals surface area contributed by atoms with Crippen molar-refractivity contribution in [3.63, 3.8) is 0 Å². The molecule has 1 saturated carbocycles. The highest BCUT2D eigenvalue weighted by Crippen LogP contribution is 2.42. The molecule has 1 aromatic carbocycles. The van der Waals surface area contributed by atoms with E-state index in [-0.39, 0.29) is 41.5 Å². The highest BCUT2D eigenvalue weighted by molar-refractivity contribution is 14.0. The first-order chi connectivity index (χ1) is 10.0. The van der Waals surface area contributed by atoms with E-state index >= 15 is 0 Å². The van der Waals surface area contributed by atoms with Crippen molar-refractivity contribution in [2.24, 2.45) is 10.9 Å². The lowest BCUT2D eigenvalue weighted by Crippen LogP contribution is -2.39. The molecule has 0 spiro atoms. The van der Waals surface area contributed by atoms with Crippen LogP contribution in [0.5, 0.6) is 0 Å². The summed E-state index contributed by atoms with van der Waals surface area (Å²) in [5.41, 5.74) is 0.190. The van der Waals surface area contributed by atoms with Crippen LogP contribution in [-0.4, -0.2) is 25.1 Å². The van der Waals surface area contributed by atoms with Gasteiger partial charge in [-0.1, -0.05) is 19.9 Å². The van der Waals surface area contributed by atoms with Gasteiger partial charge < -0.3 is 10.6 Å². The fourth-order valence-corrected chi connectivity index (χ4v) is 2.31. The van der Waals surface area contributed by atoms with Crippen LogP contribution >= 0.6 is 24.0 Å². The number of hydrogen-bond acceptors (Lipinski definition) is 1. The summed E-state index contributed by atoms with van der Waals surface area (Å²) in [5, 5.41) is 6.42. The third kappa shape index (κ3) is 5.07. The topological polar surface area (TPSA) is 36.4 Å². The van der Waals surface area contributed by atoms with Gasteiger partial charge >= 0.3 is 0 Å². The second kappa shape index (κ2) is 8.64. The van der Waals surface area contributed by atoms with Crippen molar-refractivity contribution in [1.29, 1.82) is 0 Å². The smallest absolute Gasteiger partial charge is 0.191 e. The molecular formula is C16H24F2IN3. The fraction of sp³-hybridized carbons (Fsp3) is 0.562. The molecule has 124 valence electrons. The zero-order valence-electron chi connectivity index (χ0n) is 13.2. The zero-order valence-corrected chi connectivity index (χ0v) is 15.5. The van der Waals surface area contributed by atoms with Crippen molar-refractivity contribution in [2.45, 2.75) is 39.2 Å². The molecule has 0 saturated heterocycles. The average molecular weight is 423 g/mol. The molecule has 0 heterocycles. The summed E-state index contributed by atoms with van der Waals surface area (Å²) in [4.78, 5) is 4.47. The number of rotatable bonds is 5. The van der Waals surface area contributed by atoms with Gasteiger partial charge in [-0.15, -0.1) is 24.0 Å². The lowest BCUT2D eigenvalue weighted by molar-refractivity contribution is 0.553. The minimum atomic E-state index is -0.464. The van der Waals surface area contributed by atoms with Gasteiger partial charge in [-0.05, 0) is 31.4 Å². The number of hydrogen-bond donors (Lipinski definition) is 2. The zero-order chi connectivity index (χ0) is 15.4. The van der Waals surface area contributed by atoms with E-state index < -0.39 is 11.6 Å². The van der Waals surface area contributed by atoms with Crippen LogP contribution in [-0.2, 0) is 0 Å². The van der Waals surface area contributed by atoms with Gasteiger partial charge in [0.15, 0.2) is 5.96 Å². The lowest BCUT2D eigenvalue weighted by atomic mass is 10.1. The Bertz CT molecular complexity index is 500. The third-order valence-corrected chi connectivity index (χ3v) is 3.44. The van der Waals surface area contributed by atoms with Gasteiger partial charge in [-0.2, -0.15) is 0 Å². The summed E-state index contributed by atoms with van der Waals surface area (Å²) in [6, 6.07) is 4.06. The molecule has 0 aromatic heterocycles. The molecule has 2 rings (SSSR count). The first kappa shape index (κ1) is 19.1. The molecule has 22 heavy (non-hydrogen) atoms. The van der Waals surface area contributed by atoms with E-state index in [4.69, 9.17) is 0 Å². The molecule has 0 amide bonds. The van der Waals surface area contributed by atoms with E-state index in [1.165, 1.54) is 18.2 Å². The average Bonchev–Trinajstić information content (AvgIpc) is 3.15. The molecule has 1 aliphatic carbocycles. The van der Waals surface area contributed by atoms with Crippen molar-refractivity contribution in [2.75, 3.05) is 13.1 Å². The quantitative estimate of drug-likeness (QED) is 0.431. The van der Waals surface area contributed by atoms with E-state index in [0.717, 1.165) is 25.5 Å². The first-order valence-corrected chi connectivity index (χ1v) is 7.51. The maximum absolute atomic E-state index is 13.7. The molecule has 6 heteroatoms. The van der Waals surface area contributed by atoms with Crippen LogP contribution in [0.25, 0.3) is 0 Å². The van der Waals surface area contributed by atoms with Gasteiger partial charge in [0.05, 0.1) is 0 Å². The van der Waals surface area contributed by atoms with Crippen molar-refractivity contribution in [3.05, 3.63) is 35.4 Å². The summed E-state index contributed by atoms with van der Waals surface area (Å²) in [6.07, 6.45) is 0.726. The van der Waals surface area contributed by atoms with Crippen molar-refractivity contribution >= 4 is 29.9 Å². The predicted molar refractivity (Wildman–Crippen MR) is 96.9 cm³/mol. The standard InChI is InChI=1S/C16H23F2N3.HI/c1-4-19-16(20-9-10(2)3)21-14-8-11(14)15-12(17)6-5-7-13(15)18;/h5-7,10-11,14H,4,8-9H2,1-3H3,(H2,19,20,21);1H. The predicted octanol–water partition coefficient (Wildman–Crippen LogP) is 3.65. The van der Waals surface area contributed by atoms with Crippen LogP contribution in [0.1, 0.15) is 38.7 Å². The second-order valence-corrected chi connectivity index (χ2v) is 5.84. The number of aliphatic imine (C=N–C) groups is 1. The third-order valence-electron chi connectivity index (χ3n) is 3.44. The number of guanidine groups is 1. The van der Waals surface area contributed by atoms with Crippen LogP contribution in [0, 0.1) is 17.6 Å². The van der Waals surface area contributed by atoms with Crippen LogP contribution in [0.2, 0.25) is 0 Å². The maximum atomic E-state index is 13.7. The highest BCUT2D eigenvalue weighted by atomic mass is 127. The largest absolute Gasteiger partial charge is 0.357 e. The van der Waals surface area contributed by atoms with E-state index in [1.54, 1.807) is 0 Å². The monoisotopic (exact) mass is 423 g/mol. The lowest BCUT2D eigenvalue weighted by Gasteiger charge is -2.12. The molecule has 1 aliphatic rings. The molecule has 3 nitrogen and oxygen atoms in total. The van der Waals surface area contributed by atoms with E-state index in [0.29, 0.717) is 5.92 Å². The normalized spacial score (nSPS) is 20.5. The van der Waals surface area contributed by atoms with E-state index in [1.807, 2.05) is 6.92 Å². The Morgan fingerprint density at radius 1 is 1.32 bits per heavy atom. The molecule has 2 unspecified atom stereocenters. The Hall–Kier alpha value is -0.920. The van der Waals surface area contributed by atoms with Gasteiger partial charge in [0.1, 0.15) is 11.6 Å². The second-order valence-electron chi connectivity index (χ2n) is 5.84. The highest BCUT2D eigenvalue weighted by Gasteiger charge is 2.42. The number of nitrogens with one attached hydrogen (secondary N) is 2. The van der Waals surface area contributed by atoms with Gasteiger partial charge in [-0.3, -0.25) is 4.99 Å². The van der Waals surface area contributed by atoms with E-state index in [2.05, 4.69) is 29.5 Å². The SMILES string of the molecule is CCNC(=NCC(C)C)NC1CC1c1c(F)cccc1F.I. The fourth-order valence-electron chi connectivity index (χ4n) is 2.31. The van der Waals surface area contributed by atoms with Gasteiger partial charge in [0.2, 0.25) is 0 Å². The molecule has 2 atom stereocenters. The van der Waals surface area contributed by atoms with Gasteiger partial charge in [0.25, 0.3) is 0 Å². The molecular weight excluding hydrogens is 399 g/mol. The molecule has 0 aliphatic heterocycles. The van der Waals surface area contributed by atoms with Crippen molar-refractivity contribution in [3.8, 4) is 0 Å². The number of nitrogens with zero attached hydrogens (tertiary/aromatic N) is 1. The number of halogens is 3. The van der Waals surface area contributed by atoms with Gasteiger partial charge in [-0.25, -0.2) is 8.78 Å². The molecule has 1 fully saturated rings. The molecule has 1 aromatic rings. The Morgan fingerprint density at radius 3 is 2.50 bits per heavy atom. The summed E-state index contributed by atoms with van der Waals surface area (Å²) in [6.45, 7) is 7.67. The van der Waals surface area contributed by atoms with Crippen molar-refractivity contribution in [1.82, 2.24) is 10.6 Å². The summed E-state index contributed by atoms with van der Waals surface area (Å²) in [7, 11) is 0. The minimum absolute atomic E-state index is 0. The van der Waals surface area contributed by atoms with Crippen molar-refractivity contribution < 1.29 is 8.78 Å². The van der Waals surface area contributed by atoms with Crippen LogP contribution < -0.4 is 10.6 Å². The Morgan fingerprint density at radius 2 is 1.95 bits per heavy atom. The summed E-state index contributed by atoms with van der Waals surface area (Å²) >= 11 is 0. The van der Waals surface area contributed by atoms with Crippen LogP contribution in [0.4, 0.5) is 8.78 Å². The van der Waals surface area contributed by atoms with Gasteiger partial charge in [0, 0.05) is 30.6 Å². The molecule has 0 bridgehead atoms. The Kier molecular flexibility index (Phi) is 7.52. The van der Waals surface area contributed by atoms with Crippen LogP contribution in [0.15, 0.2) is 23.2 Å².